The number of hydrogen-bond donors (Lipinski definition) is 1. The molecule has 1 atom stereocenters. The van der Waals surface area contributed by atoms with Gasteiger partial charge in [0.25, 0.3) is 0 Å². The minimum Gasteiger partial charge on any atom is -0.306 e. The SMILES string of the molecule is CC(NCc1ccccc1)c1ccccc1C(F)(F)F. The molecule has 2 aromatic carbocycles. The molecule has 2 rings (SSSR count). The Morgan fingerprint density at radius 1 is 0.950 bits per heavy atom. The molecule has 0 spiro atoms. The van der Waals surface area contributed by atoms with Gasteiger partial charge in [0.05, 0.1) is 5.56 Å². The van der Waals surface area contributed by atoms with Crippen molar-refractivity contribution in [1.82, 2.24) is 5.32 Å². The van der Waals surface area contributed by atoms with Crippen molar-refractivity contribution in [3.8, 4) is 0 Å². The highest BCUT2D eigenvalue weighted by molar-refractivity contribution is 5.32. The van der Waals surface area contributed by atoms with Crippen molar-refractivity contribution in [3.63, 3.8) is 0 Å². The van der Waals surface area contributed by atoms with Gasteiger partial charge in [-0.25, -0.2) is 0 Å². The quantitative estimate of drug-likeness (QED) is 0.865. The van der Waals surface area contributed by atoms with E-state index in [4.69, 9.17) is 0 Å². The third kappa shape index (κ3) is 3.61. The van der Waals surface area contributed by atoms with Crippen molar-refractivity contribution in [3.05, 3.63) is 71.3 Å². The van der Waals surface area contributed by atoms with E-state index < -0.39 is 11.7 Å². The molecule has 0 aliphatic heterocycles. The van der Waals surface area contributed by atoms with Crippen LogP contribution in [0, 0.1) is 0 Å². The van der Waals surface area contributed by atoms with Gasteiger partial charge in [0, 0.05) is 12.6 Å². The predicted octanol–water partition coefficient (Wildman–Crippen LogP) is 4.56. The van der Waals surface area contributed by atoms with E-state index in [1.165, 1.54) is 12.1 Å². The number of nitrogens with one attached hydrogen (secondary N) is 1. The van der Waals surface area contributed by atoms with Crippen LogP contribution in [-0.2, 0) is 12.7 Å². The topological polar surface area (TPSA) is 12.0 Å². The van der Waals surface area contributed by atoms with E-state index in [-0.39, 0.29) is 11.6 Å². The molecule has 0 saturated heterocycles. The molecule has 0 saturated carbocycles. The van der Waals surface area contributed by atoms with Gasteiger partial charge < -0.3 is 5.32 Å². The van der Waals surface area contributed by atoms with Crippen LogP contribution in [0.5, 0.6) is 0 Å². The van der Waals surface area contributed by atoms with Crippen LogP contribution < -0.4 is 5.32 Å². The van der Waals surface area contributed by atoms with E-state index in [1.807, 2.05) is 30.3 Å². The van der Waals surface area contributed by atoms with Crippen molar-refractivity contribution >= 4 is 0 Å². The van der Waals surface area contributed by atoms with Gasteiger partial charge in [-0.3, -0.25) is 0 Å². The first-order chi connectivity index (χ1) is 9.48. The Morgan fingerprint density at radius 2 is 1.55 bits per heavy atom. The average Bonchev–Trinajstić information content (AvgIpc) is 2.45. The van der Waals surface area contributed by atoms with Gasteiger partial charge in [-0.1, -0.05) is 48.5 Å². The van der Waals surface area contributed by atoms with E-state index in [9.17, 15) is 13.2 Å². The van der Waals surface area contributed by atoms with Crippen molar-refractivity contribution in [1.29, 1.82) is 0 Å². The van der Waals surface area contributed by atoms with Crippen molar-refractivity contribution in [2.75, 3.05) is 0 Å². The predicted molar refractivity (Wildman–Crippen MR) is 73.1 cm³/mol. The van der Waals surface area contributed by atoms with Gasteiger partial charge in [0.1, 0.15) is 0 Å². The monoisotopic (exact) mass is 279 g/mol. The Hall–Kier alpha value is -1.81. The third-order valence-corrected chi connectivity index (χ3v) is 3.19. The smallest absolute Gasteiger partial charge is 0.306 e. The van der Waals surface area contributed by atoms with E-state index in [0.717, 1.165) is 11.6 Å². The number of rotatable bonds is 4. The van der Waals surface area contributed by atoms with Crippen LogP contribution in [0.15, 0.2) is 54.6 Å². The molecule has 1 N–H and O–H groups in total. The zero-order chi connectivity index (χ0) is 14.6. The summed E-state index contributed by atoms with van der Waals surface area (Å²) in [6, 6.07) is 14.9. The van der Waals surface area contributed by atoms with Crippen molar-refractivity contribution < 1.29 is 13.2 Å². The van der Waals surface area contributed by atoms with Crippen LogP contribution in [0.3, 0.4) is 0 Å². The molecule has 0 radical (unpaired) electrons. The maximum absolute atomic E-state index is 12.9. The second kappa shape index (κ2) is 6.09. The first-order valence-corrected chi connectivity index (χ1v) is 6.42. The van der Waals surface area contributed by atoms with E-state index in [1.54, 1.807) is 13.0 Å². The number of alkyl halides is 3. The van der Waals surface area contributed by atoms with Gasteiger partial charge in [-0.2, -0.15) is 13.2 Å². The Balaban J connectivity index is 2.12. The molecule has 20 heavy (non-hydrogen) atoms. The number of benzene rings is 2. The molecular weight excluding hydrogens is 263 g/mol. The zero-order valence-electron chi connectivity index (χ0n) is 11.1. The van der Waals surface area contributed by atoms with Gasteiger partial charge in [-0.15, -0.1) is 0 Å². The average molecular weight is 279 g/mol. The summed E-state index contributed by atoms with van der Waals surface area (Å²) in [5.41, 5.74) is 0.743. The fourth-order valence-corrected chi connectivity index (χ4v) is 2.11. The lowest BCUT2D eigenvalue weighted by Gasteiger charge is -2.19. The van der Waals surface area contributed by atoms with Gasteiger partial charge in [-0.05, 0) is 24.1 Å². The minimum atomic E-state index is -4.32. The molecule has 0 heterocycles. The van der Waals surface area contributed by atoms with Crippen LogP contribution in [-0.4, -0.2) is 0 Å². The van der Waals surface area contributed by atoms with Gasteiger partial charge in [0.15, 0.2) is 0 Å². The Kier molecular flexibility index (Phi) is 4.45. The molecule has 0 bridgehead atoms. The summed E-state index contributed by atoms with van der Waals surface area (Å²) in [7, 11) is 0. The molecule has 0 aliphatic carbocycles. The molecule has 4 heteroatoms. The molecule has 2 aromatic rings. The summed E-state index contributed by atoms with van der Waals surface area (Å²) >= 11 is 0. The fourth-order valence-electron chi connectivity index (χ4n) is 2.11. The largest absolute Gasteiger partial charge is 0.416 e. The van der Waals surface area contributed by atoms with Crippen LogP contribution in [0.25, 0.3) is 0 Å². The van der Waals surface area contributed by atoms with Crippen LogP contribution in [0.2, 0.25) is 0 Å². The summed E-state index contributed by atoms with van der Waals surface area (Å²) in [5.74, 6) is 0. The van der Waals surface area contributed by atoms with E-state index in [0.29, 0.717) is 6.54 Å². The zero-order valence-corrected chi connectivity index (χ0v) is 11.1. The van der Waals surface area contributed by atoms with Crippen molar-refractivity contribution in [2.24, 2.45) is 0 Å². The van der Waals surface area contributed by atoms with E-state index in [2.05, 4.69) is 5.32 Å². The first-order valence-electron chi connectivity index (χ1n) is 6.42. The minimum absolute atomic E-state index is 0.274. The first kappa shape index (κ1) is 14.6. The normalized spacial score (nSPS) is 13.2. The third-order valence-electron chi connectivity index (χ3n) is 3.19. The fraction of sp³-hybridized carbons (Fsp3) is 0.250. The summed E-state index contributed by atoms with van der Waals surface area (Å²) < 4.78 is 38.8. The van der Waals surface area contributed by atoms with Gasteiger partial charge >= 0.3 is 6.18 Å². The Bertz CT molecular complexity index is 549. The van der Waals surface area contributed by atoms with E-state index >= 15 is 0 Å². The second-order valence-corrected chi connectivity index (χ2v) is 4.67. The van der Waals surface area contributed by atoms with Crippen LogP contribution in [0.4, 0.5) is 13.2 Å². The standard InChI is InChI=1S/C16H16F3N/c1-12(20-11-13-7-3-2-4-8-13)14-9-5-6-10-15(14)16(17,18)19/h2-10,12,20H,11H2,1H3. The van der Waals surface area contributed by atoms with Crippen LogP contribution in [0.1, 0.15) is 29.7 Å². The summed E-state index contributed by atoms with van der Waals surface area (Å²) in [5, 5.41) is 3.13. The molecule has 1 unspecified atom stereocenters. The second-order valence-electron chi connectivity index (χ2n) is 4.67. The summed E-state index contributed by atoms with van der Waals surface area (Å²) in [6.07, 6.45) is -4.32. The molecule has 0 aromatic heterocycles. The molecule has 0 fully saturated rings. The Labute approximate surface area is 116 Å². The lowest BCUT2D eigenvalue weighted by Crippen LogP contribution is -2.21. The molecule has 1 nitrogen and oxygen atoms in total. The van der Waals surface area contributed by atoms with Crippen LogP contribution >= 0.6 is 0 Å². The number of hydrogen-bond acceptors (Lipinski definition) is 1. The highest BCUT2D eigenvalue weighted by Gasteiger charge is 2.33. The molecule has 0 amide bonds. The lowest BCUT2D eigenvalue weighted by atomic mass is 10.0. The van der Waals surface area contributed by atoms with Crippen molar-refractivity contribution in [2.45, 2.75) is 25.7 Å². The molecule has 0 aliphatic rings. The molecular formula is C16H16F3N. The lowest BCUT2D eigenvalue weighted by molar-refractivity contribution is -0.138. The highest BCUT2D eigenvalue weighted by Crippen LogP contribution is 2.34. The summed E-state index contributed by atoms with van der Waals surface area (Å²) in [6.45, 7) is 2.28. The number of halogens is 3. The molecule has 106 valence electrons. The highest BCUT2D eigenvalue weighted by atomic mass is 19.4. The summed E-state index contributed by atoms with van der Waals surface area (Å²) in [4.78, 5) is 0. The Morgan fingerprint density at radius 3 is 2.20 bits per heavy atom. The maximum atomic E-state index is 12.9. The maximum Gasteiger partial charge on any atom is 0.416 e. The van der Waals surface area contributed by atoms with Gasteiger partial charge in [0.2, 0.25) is 0 Å².